The van der Waals surface area contributed by atoms with Crippen molar-refractivity contribution >= 4 is 28.9 Å². The van der Waals surface area contributed by atoms with Gasteiger partial charge in [-0.2, -0.15) is 0 Å². The lowest BCUT2D eigenvalue weighted by Crippen LogP contribution is -2.32. The first-order valence-electron chi connectivity index (χ1n) is 8.66. The zero-order chi connectivity index (χ0) is 18.8. The van der Waals surface area contributed by atoms with Crippen LogP contribution in [0.25, 0.3) is 16.8 Å². The third kappa shape index (κ3) is 3.75. The Morgan fingerprint density at radius 1 is 1.26 bits per heavy atom. The fraction of sp³-hybridized carbons (Fsp3) is 0.263. The summed E-state index contributed by atoms with van der Waals surface area (Å²) < 4.78 is 5.38. The molecule has 1 saturated heterocycles. The molecule has 1 aliphatic rings. The highest BCUT2D eigenvalue weighted by Gasteiger charge is 2.24. The minimum Gasteiger partial charge on any atom is -0.462 e. The van der Waals surface area contributed by atoms with Gasteiger partial charge in [0.2, 0.25) is 5.82 Å². The molecule has 7 nitrogen and oxygen atoms in total. The first-order chi connectivity index (χ1) is 13.1. The van der Waals surface area contributed by atoms with E-state index in [0.717, 1.165) is 35.0 Å². The number of piperidine rings is 1. The summed E-state index contributed by atoms with van der Waals surface area (Å²) in [7, 11) is 0. The van der Waals surface area contributed by atoms with Gasteiger partial charge in [-0.25, -0.2) is 9.97 Å². The number of nitrogens with zero attached hydrogens (tertiary/aromatic N) is 4. The standard InChI is InChI=1S/C19H18N4O3S/c1-13-4-5-16(23(24)25)18(20-13)22-8-6-14(7-9-22)11-15-12-27-19(21-15)17-3-2-10-26-17/h2-5,10-12H,6-9H2,1H3. The molecule has 0 aliphatic carbocycles. The van der Waals surface area contributed by atoms with Crippen molar-refractivity contribution in [2.24, 2.45) is 0 Å². The van der Waals surface area contributed by atoms with Gasteiger partial charge in [-0.1, -0.05) is 5.57 Å². The smallest absolute Gasteiger partial charge is 0.311 e. The molecule has 4 heterocycles. The summed E-state index contributed by atoms with van der Waals surface area (Å²) in [5, 5.41) is 14.2. The van der Waals surface area contributed by atoms with Gasteiger partial charge >= 0.3 is 5.69 Å². The third-order valence-corrected chi connectivity index (χ3v) is 5.38. The maximum atomic E-state index is 11.3. The Morgan fingerprint density at radius 2 is 2.07 bits per heavy atom. The van der Waals surface area contributed by atoms with Gasteiger partial charge in [0, 0.05) is 30.2 Å². The van der Waals surface area contributed by atoms with Crippen molar-refractivity contribution in [3.8, 4) is 10.8 Å². The monoisotopic (exact) mass is 382 g/mol. The van der Waals surface area contributed by atoms with Crippen molar-refractivity contribution in [1.29, 1.82) is 0 Å². The molecule has 0 N–H and O–H groups in total. The van der Waals surface area contributed by atoms with Gasteiger partial charge in [-0.15, -0.1) is 11.3 Å². The highest BCUT2D eigenvalue weighted by Crippen LogP contribution is 2.31. The van der Waals surface area contributed by atoms with Crippen LogP contribution in [0.3, 0.4) is 0 Å². The number of pyridine rings is 1. The molecule has 1 aliphatic heterocycles. The Morgan fingerprint density at radius 3 is 2.78 bits per heavy atom. The van der Waals surface area contributed by atoms with E-state index in [1.807, 2.05) is 29.3 Å². The van der Waals surface area contributed by atoms with Crippen molar-refractivity contribution in [2.75, 3.05) is 18.0 Å². The predicted molar refractivity (Wildman–Crippen MR) is 105 cm³/mol. The average Bonchev–Trinajstić information content (AvgIpc) is 3.33. The summed E-state index contributed by atoms with van der Waals surface area (Å²) in [6.45, 7) is 3.26. The van der Waals surface area contributed by atoms with Gasteiger partial charge in [-0.3, -0.25) is 10.1 Å². The Labute approximate surface area is 160 Å². The van der Waals surface area contributed by atoms with Crippen LogP contribution in [0.2, 0.25) is 0 Å². The minimum absolute atomic E-state index is 0.0654. The highest BCUT2D eigenvalue weighted by molar-refractivity contribution is 7.13. The van der Waals surface area contributed by atoms with Crippen molar-refractivity contribution in [3.05, 3.63) is 63.0 Å². The summed E-state index contributed by atoms with van der Waals surface area (Å²) in [5.41, 5.74) is 3.06. The molecule has 0 atom stereocenters. The molecule has 4 rings (SSSR count). The Kier molecular flexibility index (Phi) is 4.72. The van der Waals surface area contributed by atoms with E-state index in [4.69, 9.17) is 4.42 Å². The van der Waals surface area contributed by atoms with E-state index in [1.54, 1.807) is 23.7 Å². The summed E-state index contributed by atoms with van der Waals surface area (Å²) in [4.78, 5) is 21.9. The highest BCUT2D eigenvalue weighted by atomic mass is 32.1. The number of aryl methyl sites for hydroxylation is 1. The topological polar surface area (TPSA) is 85.3 Å². The maximum Gasteiger partial charge on any atom is 0.311 e. The van der Waals surface area contributed by atoms with Gasteiger partial charge in [0.1, 0.15) is 0 Å². The van der Waals surface area contributed by atoms with Crippen molar-refractivity contribution in [1.82, 2.24) is 9.97 Å². The van der Waals surface area contributed by atoms with Crippen molar-refractivity contribution < 1.29 is 9.34 Å². The van der Waals surface area contributed by atoms with Crippen LogP contribution in [0.15, 0.2) is 45.9 Å². The fourth-order valence-corrected chi connectivity index (χ4v) is 3.88. The molecule has 0 bridgehead atoms. The molecule has 0 unspecified atom stereocenters. The quantitative estimate of drug-likeness (QED) is 0.480. The van der Waals surface area contributed by atoms with Crippen LogP contribution in [0, 0.1) is 17.0 Å². The van der Waals surface area contributed by atoms with E-state index in [0.29, 0.717) is 18.9 Å². The van der Waals surface area contributed by atoms with Gasteiger partial charge in [0.25, 0.3) is 0 Å². The van der Waals surface area contributed by atoms with Crippen molar-refractivity contribution in [2.45, 2.75) is 19.8 Å². The molecule has 0 spiro atoms. The molecule has 3 aromatic heterocycles. The van der Waals surface area contributed by atoms with E-state index < -0.39 is 0 Å². The average molecular weight is 382 g/mol. The normalized spacial score (nSPS) is 14.4. The van der Waals surface area contributed by atoms with E-state index in [2.05, 4.69) is 16.0 Å². The molecule has 3 aromatic rings. The number of furan rings is 1. The van der Waals surface area contributed by atoms with Gasteiger partial charge < -0.3 is 9.32 Å². The first kappa shape index (κ1) is 17.4. The first-order valence-corrected chi connectivity index (χ1v) is 9.54. The molecule has 0 aromatic carbocycles. The van der Waals surface area contributed by atoms with Gasteiger partial charge in [0.05, 0.1) is 16.9 Å². The van der Waals surface area contributed by atoms with Gasteiger partial charge in [-0.05, 0) is 44.0 Å². The SMILES string of the molecule is Cc1ccc([N+](=O)[O-])c(N2CCC(=Cc3csc(-c4ccco4)n3)CC2)n1. The number of nitro groups is 1. The third-order valence-electron chi connectivity index (χ3n) is 4.50. The number of thiazole rings is 1. The van der Waals surface area contributed by atoms with E-state index in [-0.39, 0.29) is 10.6 Å². The number of aromatic nitrogens is 2. The Balaban J connectivity index is 1.47. The van der Waals surface area contributed by atoms with Crippen LogP contribution < -0.4 is 4.90 Å². The van der Waals surface area contributed by atoms with E-state index in [9.17, 15) is 10.1 Å². The molecule has 138 valence electrons. The van der Waals surface area contributed by atoms with Gasteiger partial charge in [0.15, 0.2) is 10.8 Å². The molecule has 1 fully saturated rings. The second-order valence-electron chi connectivity index (χ2n) is 6.40. The Hall–Kier alpha value is -3.00. The summed E-state index contributed by atoms with van der Waals surface area (Å²) in [6.07, 6.45) is 5.42. The summed E-state index contributed by atoms with van der Waals surface area (Å²) >= 11 is 1.56. The van der Waals surface area contributed by atoms with E-state index >= 15 is 0 Å². The minimum atomic E-state index is -0.363. The zero-order valence-corrected chi connectivity index (χ0v) is 15.6. The number of anilines is 1. The Bertz CT molecular complexity index is 984. The lowest BCUT2D eigenvalue weighted by Gasteiger charge is -2.29. The second kappa shape index (κ2) is 7.32. The number of rotatable bonds is 4. The molecule has 0 radical (unpaired) electrons. The number of hydrogen-bond donors (Lipinski definition) is 0. The number of hydrogen-bond acceptors (Lipinski definition) is 7. The molecule has 0 amide bonds. The molecular formula is C19H18N4O3S. The molecule has 8 heteroatoms. The predicted octanol–water partition coefficient (Wildman–Crippen LogP) is 4.70. The molecule has 0 saturated carbocycles. The van der Waals surface area contributed by atoms with Crippen molar-refractivity contribution in [3.63, 3.8) is 0 Å². The van der Waals surface area contributed by atoms with Crippen LogP contribution in [0.4, 0.5) is 11.5 Å². The summed E-state index contributed by atoms with van der Waals surface area (Å²) in [6, 6.07) is 6.96. The molecule has 27 heavy (non-hydrogen) atoms. The maximum absolute atomic E-state index is 11.3. The van der Waals surface area contributed by atoms with Crippen LogP contribution in [0.5, 0.6) is 0 Å². The lowest BCUT2D eigenvalue weighted by atomic mass is 10.0. The fourth-order valence-electron chi connectivity index (χ4n) is 3.14. The second-order valence-corrected chi connectivity index (χ2v) is 7.26. The zero-order valence-electron chi connectivity index (χ0n) is 14.8. The van der Waals surface area contributed by atoms with Crippen LogP contribution in [0.1, 0.15) is 24.2 Å². The van der Waals surface area contributed by atoms with Crippen LogP contribution in [-0.2, 0) is 0 Å². The largest absolute Gasteiger partial charge is 0.462 e. The van der Waals surface area contributed by atoms with E-state index in [1.165, 1.54) is 11.6 Å². The lowest BCUT2D eigenvalue weighted by molar-refractivity contribution is -0.384. The van der Waals surface area contributed by atoms with Crippen LogP contribution >= 0.6 is 11.3 Å². The summed E-state index contributed by atoms with van der Waals surface area (Å²) in [5.74, 6) is 1.24. The molecular weight excluding hydrogens is 364 g/mol. The van der Waals surface area contributed by atoms with Crippen LogP contribution in [-0.4, -0.2) is 28.0 Å².